The van der Waals surface area contributed by atoms with Gasteiger partial charge < -0.3 is 14.8 Å². The van der Waals surface area contributed by atoms with Crippen LogP contribution in [0, 0.1) is 10.1 Å². The predicted molar refractivity (Wildman–Crippen MR) is 74.1 cm³/mol. The summed E-state index contributed by atoms with van der Waals surface area (Å²) in [4.78, 5) is 10.2. The van der Waals surface area contributed by atoms with Gasteiger partial charge in [-0.05, 0) is 11.6 Å². The zero-order valence-electron chi connectivity index (χ0n) is 10.5. The van der Waals surface area contributed by atoms with Gasteiger partial charge in [-0.1, -0.05) is 23.5 Å². The van der Waals surface area contributed by atoms with Gasteiger partial charge in [0.05, 0.1) is 4.92 Å². The van der Waals surface area contributed by atoms with E-state index in [1.165, 1.54) is 0 Å². The van der Waals surface area contributed by atoms with Crippen molar-refractivity contribution in [2.45, 2.75) is 13.1 Å². The summed E-state index contributed by atoms with van der Waals surface area (Å²) < 4.78 is 10.7. The third kappa shape index (κ3) is 2.59. The molecule has 1 aromatic carbocycles. The number of benzene rings is 1. The van der Waals surface area contributed by atoms with Crippen molar-refractivity contribution in [1.29, 1.82) is 0 Å². The Kier molecular flexibility index (Phi) is 3.53. The van der Waals surface area contributed by atoms with E-state index in [9.17, 15) is 10.1 Å². The van der Waals surface area contributed by atoms with Gasteiger partial charge in [0, 0.05) is 30.1 Å². The quantitative estimate of drug-likeness (QED) is 0.677. The largest absolute Gasteiger partial charge is 0.454 e. The predicted octanol–water partition coefficient (Wildman–Crippen LogP) is 2.67. The van der Waals surface area contributed by atoms with Crippen LogP contribution in [0.1, 0.15) is 11.1 Å². The van der Waals surface area contributed by atoms with Crippen molar-refractivity contribution in [2.24, 2.45) is 0 Å². The molecule has 7 heteroatoms. The molecule has 0 saturated heterocycles. The first-order valence-electron chi connectivity index (χ1n) is 6.04. The number of ether oxygens (including phenoxy) is 2. The van der Waals surface area contributed by atoms with E-state index in [0.29, 0.717) is 13.1 Å². The molecule has 3 rings (SSSR count). The summed E-state index contributed by atoms with van der Waals surface area (Å²) >= 11 is 1.14. The topological polar surface area (TPSA) is 73.6 Å². The number of thiophene rings is 1. The maximum Gasteiger partial charge on any atom is 0.324 e. The molecule has 0 amide bonds. The van der Waals surface area contributed by atoms with Gasteiger partial charge in [-0.25, -0.2) is 0 Å². The van der Waals surface area contributed by atoms with Crippen LogP contribution in [-0.2, 0) is 13.1 Å². The minimum absolute atomic E-state index is 0.166. The maximum absolute atomic E-state index is 10.6. The first-order valence-corrected chi connectivity index (χ1v) is 6.92. The molecule has 1 aromatic heterocycles. The monoisotopic (exact) mass is 292 g/mol. The Morgan fingerprint density at radius 3 is 3.05 bits per heavy atom. The van der Waals surface area contributed by atoms with E-state index in [-0.39, 0.29) is 16.7 Å². The highest BCUT2D eigenvalue weighted by Gasteiger charge is 2.16. The zero-order chi connectivity index (χ0) is 13.9. The van der Waals surface area contributed by atoms with E-state index in [4.69, 9.17) is 9.47 Å². The molecule has 6 nitrogen and oxygen atoms in total. The molecular formula is C13H12N2O4S. The summed E-state index contributed by atoms with van der Waals surface area (Å²) in [5.41, 5.74) is 1.93. The molecule has 0 aliphatic carbocycles. The zero-order valence-corrected chi connectivity index (χ0v) is 11.3. The Morgan fingerprint density at radius 2 is 2.25 bits per heavy atom. The van der Waals surface area contributed by atoms with Crippen LogP contribution in [0.4, 0.5) is 5.00 Å². The third-order valence-corrected chi connectivity index (χ3v) is 3.87. The van der Waals surface area contributed by atoms with Crippen LogP contribution in [-0.4, -0.2) is 11.7 Å². The summed E-state index contributed by atoms with van der Waals surface area (Å²) in [6.07, 6.45) is 0. The molecule has 0 spiro atoms. The number of hydrogen-bond donors (Lipinski definition) is 1. The molecular weight excluding hydrogens is 280 g/mol. The van der Waals surface area contributed by atoms with E-state index < -0.39 is 0 Å². The van der Waals surface area contributed by atoms with Crippen molar-refractivity contribution < 1.29 is 14.4 Å². The van der Waals surface area contributed by atoms with E-state index in [1.54, 1.807) is 11.4 Å². The Balaban J connectivity index is 1.60. The van der Waals surface area contributed by atoms with Crippen LogP contribution in [0.25, 0.3) is 0 Å². The standard InChI is InChI=1S/C13H12N2O4S/c16-15(17)12-4-9(7-20-12)5-14-6-10-2-1-3-11-13(10)19-8-18-11/h1-4,7,14H,5-6,8H2. The van der Waals surface area contributed by atoms with Crippen molar-refractivity contribution in [3.63, 3.8) is 0 Å². The highest BCUT2D eigenvalue weighted by atomic mass is 32.1. The molecule has 1 N–H and O–H groups in total. The second-order valence-corrected chi connectivity index (χ2v) is 5.19. The van der Waals surface area contributed by atoms with Crippen LogP contribution >= 0.6 is 11.3 Å². The summed E-state index contributed by atoms with van der Waals surface area (Å²) in [6.45, 7) is 1.45. The maximum atomic E-state index is 10.6. The molecule has 104 valence electrons. The SMILES string of the molecule is O=[N+]([O-])c1cc(CNCc2cccc3c2OCO3)cs1. The fourth-order valence-electron chi connectivity index (χ4n) is 2.02. The van der Waals surface area contributed by atoms with Crippen LogP contribution in [0.5, 0.6) is 11.5 Å². The average molecular weight is 292 g/mol. The lowest BCUT2D eigenvalue weighted by Crippen LogP contribution is -2.12. The molecule has 0 radical (unpaired) electrons. The smallest absolute Gasteiger partial charge is 0.324 e. The van der Waals surface area contributed by atoms with E-state index in [2.05, 4.69) is 5.32 Å². The number of hydrogen-bond acceptors (Lipinski definition) is 6. The van der Waals surface area contributed by atoms with Crippen molar-refractivity contribution in [3.05, 3.63) is 50.9 Å². The molecule has 2 aromatic rings. The Hall–Kier alpha value is -2.12. The Labute approximate surface area is 119 Å². The molecule has 0 unspecified atom stereocenters. The fourth-order valence-corrected chi connectivity index (χ4v) is 2.75. The van der Waals surface area contributed by atoms with E-state index in [0.717, 1.165) is 34.0 Å². The van der Waals surface area contributed by atoms with Gasteiger partial charge in [-0.3, -0.25) is 10.1 Å². The number of rotatable bonds is 5. The van der Waals surface area contributed by atoms with Crippen molar-refractivity contribution >= 4 is 16.3 Å². The number of fused-ring (bicyclic) bond motifs is 1. The second kappa shape index (κ2) is 5.48. The number of nitro groups is 1. The van der Waals surface area contributed by atoms with Crippen molar-refractivity contribution in [3.8, 4) is 11.5 Å². The number of para-hydroxylation sites is 1. The summed E-state index contributed by atoms with van der Waals surface area (Å²) in [6, 6.07) is 7.34. The van der Waals surface area contributed by atoms with Gasteiger partial charge >= 0.3 is 5.00 Å². The Bertz CT molecular complexity index is 641. The van der Waals surface area contributed by atoms with Crippen molar-refractivity contribution in [1.82, 2.24) is 5.32 Å². The molecule has 0 saturated carbocycles. The molecule has 2 heterocycles. The highest BCUT2D eigenvalue weighted by Crippen LogP contribution is 2.35. The van der Waals surface area contributed by atoms with Crippen LogP contribution in [0.15, 0.2) is 29.6 Å². The molecule has 20 heavy (non-hydrogen) atoms. The second-order valence-electron chi connectivity index (χ2n) is 4.30. The van der Waals surface area contributed by atoms with Gasteiger partial charge in [-0.2, -0.15) is 0 Å². The van der Waals surface area contributed by atoms with Gasteiger partial charge in [0.1, 0.15) is 0 Å². The summed E-state index contributed by atoms with van der Waals surface area (Å²) in [7, 11) is 0. The average Bonchev–Trinajstić information content (AvgIpc) is 3.07. The molecule has 1 aliphatic rings. The minimum atomic E-state index is -0.372. The molecule has 1 aliphatic heterocycles. The van der Waals surface area contributed by atoms with Gasteiger partial charge in [0.15, 0.2) is 11.5 Å². The van der Waals surface area contributed by atoms with E-state index in [1.807, 2.05) is 18.2 Å². The normalized spacial score (nSPS) is 12.6. The lowest BCUT2D eigenvalue weighted by Gasteiger charge is -2.06. The minimum Gasteiger partial charge on any atom is -0.454 e. The number of nitrogens with zero attached hydrogens (tertiary/aromatic N) is 1. The molecule has 0 bridgehead atoms. The lowest BCUT2D eigenvalue weighted by molar-refractivity contribution is -0.380. The lowest BCUT2D eigenvalue weighted by atomic mass is 10.2. The van der Waals surface area contributed by atoms with E-state index >= 15 is 0 Å². The fraction of sp³-hybridized carbons (Fsp3) is 0.231. The van der Waals surface area contributed by atoms with Crippen LogP contribution in [0.3, 0.4) is 0 Å². The number of nitrogens with one attached hydrogen (secondary N) is 1. The van der Waals surface area contributed by atoms with Gasteiger partial charge in [-0.15, -0.1) is 0 Å². The summed E-state index contributed by atoms with van der Waals surface area (Å²) in [5.74, 6) is 1.53. The summed E-state index contributed by atoms with van der Waals surface area (Å²) in [5, 5.41) is 15.8. The first-order chi connectivity index (χ1) is 9.74. The van der Waals surface area contributed by atoms with Crippen LogP contribution < -0.4 is 14.8 Å². The van der Waals surface area contributed by atoms with Crippen LogP contribution in [0.2, 0.25) is 0 Å². The van der Waals surface area contributed by atoms with Crippen molar-refractivity contribution in [2.75, 3.05) is 6.79 Å². The first kappa shape index (κ1) is 12.9. The Morgan fingerprint density at radius 1 is 1.35 bits per heavy atom. The third-order valence-electron chi connectivity index (χ3n) is 2.94. The highest BCUT2D eigenvalue weighted by molar-refractivity contribution is 7.13. The molecule has 0 fully saturated rings. The van der Waals surface area contributed by atoms with Gasteiger partial charge in [0.25, 0.3) is 0 Å². The van der Waals surface area contributed by atoms with Gasteiger partial charge in [0.2, 0.25) is 6.79 Å². The molecule has 0 atom stereocenters.